The first-order valence-corrected chi connectivity index (χ1v) is 12.9. The highest BCUT2D eigenvalue weighted by molar-refractivity contribution is 5.99. The summed E-state index contributed by atoms with van der Waals surface area (Å²) in [6.07, 6.45) is 4.54. The number of benzene rings is 1. The maximum absolute atomic E-state index is 13.6. The van der Waals surface area contributed by atoms with Gasteiger partial charge in [0.05, 0.1) is 18.2 Å². The summed E-state index contributed by atoms with van der Waals surface area (Å²) < 4.78 is 6.46. The summed E-state index contributed by atoms with van der Waals surface area (Å²) >= 11 is 0. The van der Waals surface area contributed by atoms with Gasteiger partial charge in [0.15, 0.2) is 0 Å². The molecule has 9 heteroatoms. The summed E-state index contributed by atoms with van der Waals surface area (Å²) in [6, 6.07) is 8.87. The van der Waals surface area contributed by atoms with Crippen LogP contribution >= 0.6 is 0 Å². The van der Waals surface area contributed by atoms with E-state index in [2.05, 4.69) is 22.1 Å². The van der Waals surface area contributed by atoms with Crippen molar-refractivity contribution < 1.29 is 19.4 Å². The van der Waals surface area contributed by atoms with Gasteiger partial charge in [0.2, 0.25) is 5.91 Å². The van der Waals surface area contributed by atoms with E-state index in [1.54, 1.807) is 35.5 Å². The van der Waals surface area contributed by atoms with Crippen LogP contribution in [0.5, 0.6) is 5.75 Å². The van der Waals surface area contributed by atoms with Crippen LogP contribution in [0.15, 0.2) is 42.7 Å². The van der Waals surface area contributed by atoms with Crippen LogP contribution in [-0.4, -0.2) is 96.1 Å². The molecule has 1 aromatic heterocycles. The Morgan fingerprint density at radius 1 is 1.24 bits per heavy atom. The maximum atomic E-state index is 13.6. The number of nitrogens with zero attached hydrogens (tertiary/aromatic N) is 4. The highest BCUT2D eigenvalue weighted by atomic mass is 16.5. The molecule has 202 valence electrons. The molecule has 1 aromatic carbocycles. The predicted octanol–water partition coefficient (Wildman–Crippen LogP) is 2.71. The third-order valence-electron chi connectivity index (χ3n) is 6.65. The topological polar surface area (TPSA) is 98.2 Å². The maximum Gasteiger partial charge on any atom is 0.258 e. The summed E-state index contributed by atoms with van der Waals surface area (Å²) in [6.45, 7) is 6.46. The number of rotatable bonds is 11. The number of hydrogen-bond donors (Lipinski definition) is 2. The summed E-state index contributed by atoms with van der Waals surface area (Å²) in [4.78, 5) is 36.1. The van der Waals surface area contributed by atoms with E-state index in [-0.39, 0.29) is 36.5 Å². The fourth-order valence-corrected chi connectivity index (χ4v) is 4.47. The van der Waals surface area contributed by atoms with Crippen molar-refractivity contribution in [3.8, 4) is 5.75 Å². The van der Waals surface area contributed by atoms with Crippen LogP contribution in [-0.2, 0) is 11.3 Å². The van der Waals surface area contributed by atoms with Crippen molar-refractivity contribution in [1.82, 2.24) is 19.7 Å². The Morgan fingerprint density at radius 2 is 1.97 bits per heavy atom. The fraction of sp³-hybridized carbons (Fsp3) is 0.536. The molecule has 2 aromatic rings. The van der Waals surface area contributed by atoms with Crippen molar-refractivity contribution in [3.63, 3.8) is 0 Å². The number of nitrogens with one attached hydrogen (secondary N) is 1. The lowest BCUT2D eigenvalue weighted by Crippen LogP contribution is -2.49. The molecule has 3 atom stereocenters. The van der Waals surface area contributed by atoms with Gasteiger partial charge in [-0.15, -0.1) is 0 Å². The summed E-state index contributed by atoms with van der Waals surface area (Å²) in [5, 5.41) is 12.8. The first-order valence-electron chi connectivity index (χ1n) is 12.9. The quantitative estimate of drug-likeness (QED) is 0.479. The molecule has 0 aliphatic carbocycles. The molecule has 9 nitrogen and oxygen atoms in total. The van der Waals surface area contributed by atoms with E-state index in [4.69, 9.17) is 4.74 Å². The number of likely N-dealkylation sites (N-methyl/N-ethyl adjacent to an activating group) is 1. The number of hydrogen-bond acceptors (Lipinski definition) is 7. The van der Waals surface area contributed by atoms with E-state index < -0.39 is 0 Å². The molecular weight excluding hydrogens is 470 g/mol. The Kier molecular flexibility index (Phi) is 10.4. The lowest BCUT2D eigenvalue weighted by atomic mass is 9.99. The van der Waals surface area contributed by atoms with Crippen molar-refractivity contribution >= 4 is 17.5 Å². The van der Waals surface area contributed by atoms with Gasteiger partial charge in [0.1, 0.15) is 11.9 Å². The van der Waals surface area contributed by atoms with E-state index in [9.17, 15) is 14.7 Å². The van der Waals surface area contributed by atoms with E-state index in [1.165, 1.54) is 0 Å². The Hall–Kier alpha value is -3.01. The smallest absolute Gasteiger partial charge is 0.258 e. The molecular formula is C28H41N5O4. The molecule has 0 fully saturated rings. The zero-order valence-corrected chi connectivity index (χ0v) is 22.7. The molecule has 0 saturated carbocycles. The van der Waals surface area contributed by atoms with Gasteiger partial charge in [-0.25, -0.2) is 0 Å². The lowest BCUT2D eigenvalue weighted by Gasteiger charge is -2.38. The second-order valence-corrected chi connectivity index (χ2v) is 10.3. The van der Waals surface area contributed by atoms with Crippen LogP contribution in [0, 0.1) is 5.92 Å². The molecule has 0 saturated heterocycles. The van der Waals surface area contributed by atoms with Crippen LogP contribution in [0.4, 0.5) is 5.69 Å². The minimum Gasteiger partial charge on any atom is -0.488 e. The molecule has 37 heavy (non-hydrogen) atoms. The van der Waals surface area contributed by atoms with Crippen LogP contribution in [0.2, 0.25) is 0 Å². The first kappa shape index (κ1) is 28.6. The molecule has 1 aliphatic heterocycles. The van der Waals surface area contributed by atoms with Crippen LogP contribution < -0.4 is 10.1 Å². The van der Waals surface area contributed by atoms with Crippen molar-refractivity contribution in [2.24, 2.45) is 5.92 Å². The Labute approximate surface area is 220 Å². The standard InChI is InChI=1S/C28H41N5O4/c1-20-16-33(21(2)19-34)28(36)24-15-23(30-27(35)7-6-14-31(3)4)8-9-25(24)37-26(20)18-32(5)17-22-10-12-29-13-11-22/h8-13,15,20-21,26,34H,6-7,14,16-19H2,1-5H3,(H,30,35)/t20-,21-,26-/m1/s1. The molecule has 3 rings (SSSR count). The molecule has 0 unspecified atom stereocenters. The number of ether oxygens (including phenoxy) is 1. The van der Waals surface area contributed by atoms with Crippen molar-refractivity contribution in [2.75, 3.05) is 52.7 Å². The minimum atomic E-state index is -0.347. The third kappa shape index (κ3) is 8.24. The highest BCUT2D eigenvalue weighted by Gasteiger charge is 2.33. The normalized spacial score (nSPS) is 18.7. The Bertz CT molecular complexity index is 1030. The average Bonchev–Trinajstić information content (AvgIpc) is 2.86. The predicted molar refractivity (Wildman–Crippen MR) is 145 cm³/mol. The van der Waals surface area contributed by atoms with Crippen LogP contribution in [0.3, 0.4) is 0 Å². The second-order valence-electron chi connectivity index (χ2n) is 10.3. The van der Waals surface area contributed by atoms with Gasteiger partial charge in [-0.1, -0.05) is 6.92 Å². The Balaban J connectivity index is 1.82. The first-order chi connectivity index (χ1) is 17.7. The summed E-state index contributed by atoms with van der Waals surface area (Å²) in [5.41, 5.74) is 2.11. The zero-order valence-electron chi connectivity index (χ0n) is 22.7. The largest absolute Gasteiger partial charge is 0.488 e. The molecule has 0 radical (unpaired) electrons. The second kappa shape index (κ2) is 13.5. The molecule has 2 heterocycles. The van der Waals surface area contributed by atoms with Crippen molar-refractivity contribution in [1.29, 1.82) is 0 Å². The number of carbonyl (C=O) groups excluding carboxylic acids is 2. The van der Waals surface area contributed by atoms with Gasteiger partial charge in [-0.05, 0) is 76.9 Å². The van der Waals surface area contributed by atoms with E-state index in [1.807, 2.05) is 45.1 Å². The van der Waals surface area contributed by atoms with Gasteiger partial charge in [0, 0.05) is 50.1 Å². The molecule has 1 aliphatic rings. The molecule has 2 N–H and O–H groups in total. The van der Waals surface area contributed by atoms with Gasteiger partial charge in [-0.2, -0.15) is 0 Å². The monoisotopic (exact) mass is 511 g/mol. The van der Waals surface area contributed by atoms with Crippen LogP contribution in [0.25, 0.3) is 0 Å². The van der Waals surface area contributed by atoms with Gasteiger partial charge in [-0.3, -0.25) is 19.5 Å². The van der Waals surface area contributed by atoms with Gasteiger partial charge < -0.3 is 25.0 Å². The fourth-order valence-electron chi connectivity index (χ4n) is 4.47. The number of amides is 2. The Morgan fingerprint density at radius 3 is 2.65 bits per heavy atom. The number of pyridine rings is 1. The summed E-state index contributed by atoms with van der Waals surface area (Å²) in [5.74, 6) is 0.211. The average molecular weight is 512 g/mol. The van der Waals surface area contributed by atoms with Crippen molar-refractivity contribution in [2.45, 2.75) is 45.4 Å². The van der Waals surface area contributed by atoms with E-state index >= 15 is 0 Å². The van der Waals surface area contributed by atoms with E-state index in [0.717, 1.165) is 25.1 Å². The minimum absolute atomic E-state index is 0.0297. The van der Waals surface area contributed by atoms with Crippen molar-refractivity contribution in [3.05, 3.63) is 53.9 Å². The lowest BCUT2D eigenvalue weighted by molar-refractivity contribution is -0.116. The van der Waals surface area contributed by atoms with Crippen LogP contribution in [0.1, 0.15) is 42.6 Å². The number of aliphatic hydroxyl groups excluding tert-OH is 1. The molecule has 0 bridgehead atoms. The van der Waals surface area contributed by atoms with Gasteiger partial charge >= 0.3 is 0 Å². The number of aromatic nitrogens is 1. The number of fused-ring (bicyclic) bond motifs is 1. The number of carbonyl (C=O) groups is 2. The highest BCUT2D eigenvalue weighted by Crippen LogP contribution is 2.31. The SMILES string of the molecule is C[C@@H]1CN([C@H](C)CO)C(=O)c2cc(NC(=O)CCCN(C)C)ccc2O[C@@H]1CN(C)Cc1ccncc1. The number of anilines is 1. The summed E-state index contributed by atoms with van der Waals surface area (Å²) in [7, 11) is 6.00. The zero-order chi connectivity index (χ0) is 26.9. The number of aliphatic hydroxyl groups is 1. The molecule has 2 amide bonds. The van der Waals surface area contributed by atoms with Gasteiger partial charge in [0.25, 0.3) is 5.91 Å². The third-order valence-corrected chi connectivity index (χ3v) is 6.65. The van der Waals surface area contributed by atoms with E-state index in [0.29, 0.717) is 36.5 Å². The molecule has 0 spiro atoms.